The molecular formula is C17H28N4O3S. The van der Waals surface area contributed by atoms with Gasteiger partial charge in [-0.3, -0.25) is 4.99 Å². The molecule has 0 saturated carbocycles. The van der Waals surface area contributed by atoms with Gasteiger partial charge in [0.25, 0.3) is 0 Å². The van der Waals surface area contributed by atoms with Crippen molar-refractivity contribution in [2.24, 2.45) is 4.99 Å². The molecule has 1 aromatic rings. The van der Waals surface area contributed by atoms with Crippen LogP contribution in [0.1, 0.15) is 18.9 Å². The largest absolute Gasteiger partial charge is 0.489 e. The van der Waals surface area contributed by atoms with Gasteiger partial charge in [-0.1, -0.05) is 30.9 Å². The van der Waals surface area contributed by atoms with Crippen LogP contribution in [0.3, 0.4) is 0 Å². The van der Waals surface area contributed by atoms with Crippen molar-refractivity contribution < 1.29 is 13.2 Å². The number of nitrogens with zero attached hydrogens (tertiary/aromatic N) is 1. The van der Waals surface area contributed by atoms with Crippen LogP contribution in [0.15, 0.2) is 41.9 Å². The van der Waals surface area contributed by atoms with Crippen LogP contribution >= 0.6 is 0 Å². The van der Waals surface area contributed by atoms with Crippen molar-refractivity contribution in [2.45, 2.75) is 19.9 Å². The van der Waals surface area contributed by atoms with Gasteiger partial charge in [0, 0.05) is 32.2 Å². The molecule has 0 bridgehead atoms. The van der Waals surface area contributed by atoms with Crippen LogP contribution in [0, 0.1) is 0 Å². The van der Waals surface area contributed by atoms with E-state index in [9.17, 15) is 8.42 Å². The molecule has 0 unspecified atom stereocenters. The van der Waals surface area contributed by atoms with Crippen LogP contribution in [-0.4, -0.2) is 46.9 Å². The summed E-state index contributed by atoms with van der Waals surface area (Å²) >= 11 is 0. The number of rotatable bonds is 11. The first-order valence-electron chi connectivity index (χ1n) is 8.25. The molecule has 0 heterocycles. The third-order valence-electron chi connectivity index (χ3n) is 3.35. The maximum absolute atomic E-state index is 11.3. The molecule has 0 aromatic heterocycles. The summed E-state index contributed by atoms with van der Waals surface area (Å²) in [6.07, 6.45) is 2.37. The maximum atomic E-state index is 11.3. The van der Waals surface area contributed by atoms with E-state index in [1.807, 2.05) is 24.3 Å². The van der Waals surface area contributed by atoms with Crippen LogP contribution in [0.5, 0.6) is 5.75 Å². The molecule has 0 aliphatic carbocycles. The van der Waals surface area contributed by atoms with Crippen LogP contribution in [0.25, 0.3) is 0 Å². The lowest BCUT2D eigenvalue weighted by Gasteiger charge is -2.14. The van der Waals surface area contributed by atoms with Crippen molar-refractivity contribution in [1.29, 1.82) is 0 Å². The molecule has 0 aliphatic heterocycles. The monoisotopic (exact) mass is 368 g/mol. The molecule has 0 aliphatic rings. The van der Waals surface area contributed by atoms with E-state index in [0.29, 0.717) is 38.6 Å². The summed E-state index contributed by atoms with van der Waals surface area (Å²) < 4.78 is 30.8. The number of hydrogen-bond donors (Lipinski definition) is 3. The van der Waals surface area contributed by atoms with Crippen LogP contribution < -0.4 is 20.1 Å². The van der Waals surface area contributed by atoms with Crippen LogP contribution in [0.2, 0.25) is 0 Å². The summed E-state index contributed by atoms with van der Waals surface area (Å²) in [5.74, 6) is 1.55. The zero-order chi connectivity index (χ0) is 18.5. The third-order valence-corrected chi connectivity index (χ3v) is 4.75. The average molecular weight is 369 g/mol. The molecule has 0 saturated heterocycles. The zero-order valence-electron chi connectivity index (χ0n) is 14.9. The summed E-state index contributed by atoms with van der Waals surface area (Å²) in [5, 5.41) is 6.37. The zero-order valence-corrected chi connectivity index (χ0v) is 15.7. The molecule has 8 heteroatoms. The number of guanidine groups is 1. The predicted octanol–water partition coefficient (Wildman–Crippen LogP) is 1.25. The van der Waals surface area contributed by atoms with Crippen molar-refractivity contribution in [2.75, 3.05) is 32.5 Å². The number of benzene rings is 1. The Kier molecular flexibility index (Phi) is 9.64. The van der Waals surface area contributed by atoms with Crippen molar-refractivity contribution in [3.63, 3.8) is 0 Å². The van der Waals surface area contributed by atoms with Gasteiger partial charge in [-0.05, 0) is 19.4 Å². The molecular weight excluding hydrogens is 340 g/mol. The molecule has 1 rings (SSSR count). The molecule has 25 heavy (non-hydrogen) atoms. The van der Waals surface area contributed by atoms with Crippen molar-refractivity contribution >= 4 is 16.0 Å². The van der Waals surface area contributed by atoms with Gasteiger partial charge in [0.05, 0.1) is 5.75 Å². The number of sulfonamides is 1. The van der Waals surface area contributed by atoms with E-state index in [1.165, 1.54) is 0 Å². The molecule has 0 amide bonds. The highest BCUT2D eigenvalue weighted by molar-refractivity contribution is 7.89. The van der Waals surface area contributed by atoms with E-state index in [0.717, 1.165) is 11.3 Å². The Labute approximate surface area is 150 Å². The van der Waals surface area contributed by atoms with Gasteiger partial charge in [0.2, 0.25) is 10.0 Å². The summed E-state index contributed by atoms with van der Waals surface area (Å²) in [5.41, 5.74) is 1.02. The fourth-order valence-electron chi connectivity index (χ4n) is 1.96. The highest BCUT2D eigenvalue weighted by atomic mass is 32.2. The molecule has 1 aromatic carbocycles. The molecule has 0 radical (unpaired) electrons. The highest BCUT2D eigenvalue weighted by Crippen LogP contribution is 2.17. The Balaban J connectivity index is 2.39. The van der Waals surface area contributed by atoms with Crippen molar-refractivity contribution in [3.05, 3.63) is 42.5 Å². The Morgan fingerprint density at radius 3 is 2.72 bits per heavy atom. The summed E-state index contributed by atoms with van der Waals surface area (Å²) in [6.45, 7) is 7.30. The Morgan fingerprint density at radius 2 is 2.04 bits per heavy atom. The summed E-state index contributed by atoms with van der Waals surface area (Å²) in [6, 6.07) is 7.77. The van der Waals surface area contributed by atoms with Gasteiger partial charge in [-0.2, -0.15) is 0 Å². The topological polar surface area (TPSA) is 91.8 Å². The lowest BCUT2D eigenvalue weighted by atomic mass is 10.2. The second kappa shape index (κ2) is 11.5. The number of ether oxygens (including phenoxy) is 1. The SMILES string of the molecule is C=CCOc1ccccc1CNC(=NC)NCCCNS(=O)(=O)CC. The second-order valence-corrected chi connectivity index (χ2v) is 7.31. The fourth-order valence-corrected chi connectivity index (χ4v) is 2.62. The van der Waals surface area contributed by atoms with Gasteiger partial charge in [-0.15, -0.1) is 0 Å². The second-order valence-electron chi connectivity index (χ2n) is 5.21. The lowest BCUT2D eigenvalue weighted by Crippen LogP contribution is -2.38. The number of aliphatic imine (C=N–C) groups is 1. The standard InChI is InChI=1S/C17H28N4O3S/c1-4-13-24-16-10-7-6-9-15(16)14-20-17(18-3)19-11-8-12-21-25(22,23)5-2/h4,6-7,9-10,21H,1,5,8,11-14H2,2-3H3,(H2,18,19,20). The summed E-state index contributed by atoms with van der Waals surface area (Å²) in [4.78, 5) is 4.16. The molecule has 0 fully saturated rings. The average Bonchev–Trinajstić information content (AvgIpc) is 2.62. The van der Waals surface area contributed by atoms with E-state index in [1.54, 1.807) is 20.0 Å². The summed E-state index contributed by atoms with van der Waals surface area (Å²) in [7, 11) is -1.44. The minimum atomic E-state index is -3.13. The molecule has 0 atom stereocenters. The Hall–Kier alpha value is -2.06. The molecule has 140 valence electrons. The normalized spacial score (nSPS) is 11.8. The first kappa shape index (κ1) is 21.0. The minimum Gasteiger partial charge on any atom is -0.489 e. The van der Waals surface area contributed by atoms with Gasteiger partial charge < -0.3 is 15.4 Å². The van der Waals surface area contributed by atoms with Gasteiger partial charge >= 0.3 is 0 Å². The Bertz CT molecular complexity index is 660. The maximum Gasteiger partial charge on any atom is 0.211 e. The van der Waals surface area contributed by atoms with E-state index in [2.05, 4.69) is 26.9 Å². The fraction of sp³-hybridized carbons (Fsp3) is 0.471. The smallest absolute Gasteiger partial charge is 0.211 e. The first-order valence-corrected chi connectivity index (χ1v) is 9.91. The quantitative estimate of drug-likeness (QED) is 0.237. The van der Waals surface area contributed by atoms with Crippen molar-refractivity contribution in [3.8, 4) is 5.75 Å². The van der Waals surface area contributed by atoms with Gasteiger partial charge in [-0.25, -0.2) is 13.1 Å². The van der Waals surface area contributed by atoms with E-state index < -0.39 is 10.0 Å². The highest BCUT2D eigenvalue weighted by Gasteiger charge is 2.06. The third kappa shape index (κ3) is 8.55. The van der Waals surface area contributed by atoms with E-state index >= 15 is 0 Å². The minimum absolute atomic E-state index is 0.0942. The van der Waals surface area contributed by atoms with Crippen LogP contribution in [0.4, 0.5) is 0 Å². The molecule has 0 spiro atoms. The lowest BCUT2D eigenvalue weighted by molar-refractivity contribution is 0.358. The number of nitrogens with one attached hydrogen (secondary N) is 3. The number of para-hydroxylation sites is 1. The van der Waals surface area contributed by atoms with Gasteiger partial charge in [0.1, 0.15) is 12.4 Å². The Morgan fingerprint density at radius 1 is 1.28 bits per heavy atom. The van der Waals surface area contributed by atoms with Crippen molar-refractivity contribution in [1.82, 2.24) is 15.4 Å². The molecule has 7 nitrogen and oxygen atoms in total. The first-order chi connectivity index (χ1) is 12.0. The number of hydrogen-bond acceptors (Lipinski definition) is 4. The van der Waals surface area contributed by atoms with E-state index in [4.69, 9.17) is 4.74 Å². The van der Waals surface area contributed by atoms with Crippen LogP contribution in [-0.2, 0) is 16.6 Å². The molecule has 3 N–H and O–H groups in total. The predicted molar refractivity (Wildman–Crippen MR) is 102 cm³/mol. The van der Waals surface area contributed by atoms with Gasteiger partial charge in [0.15, 0.2) is 5.96 Å². The van der Waals surface area contributed by atoms with E-state index in [-0.39, 0.29) is 5.75 Å².